The Hall–Kier alpha value is -1.14. The van der Waals surface area contributed by atoms with Crippen LogP contribution in [0, 0.1) is 11.3 Å². The van der Waals surface area contributed by atoms with Crippen molar-refractivity contribution < 1.29 is 14.3 Å². The van der Waals surface area contributed by atoms with Gasteiger partial charge in [-0.3, -0.25) is 9.59 Å². The number of carbonyl (C=O) groups is 2. The molecule has 0 aromatic rings. The number of likely N-dealkylation sites (N-methyl/N-ethyl adjacent to an activating group) is 1. The molecule has 1 heterocycles. The van der Waals surface area contributed by atoms with Crippen LogP contribution in [-0.2, 0) is 14.3 Å². The number of hydrogen-bond donors (Lipinski definition) is 2. The molecule has 3 N–H and O–H groups in total. The van der Waals surface area contributed by atoms with Gasteiger partial charge in [0.25, 0.3) is 0 Å². The second-order valence-corrected chi connectivity index (χ2v) is 6.78. The highest BCUT2D eigenvalue weighted by Gasteiger charge is 2.70. The van der Waals surface area contributed by atoms with E-state index in [-0.39, 0.29) is 29.3 Å². The molecule has 1 saturated heterocycles. The van der Waals surface area contributed by atoms with E-state index >= 15 is 0 Å². The van der Waals surface area contributed by atoms with Crippen molar-refractivity contribution in [3.8, 4) is 0 Å². The second-order valence-electron chi connectivity index (χ2n) is 6.78. The van der Waals surface area contributed by atoms with Crippen molar-refractivity contribution in [3.63, 3.8) is 0 Å². The number of nitrogens with two attached hydrogens (primary N) is 1. The number of nitrogens with zero attached hydrogens (tertiary/aromatic N) is 1. The Bertz CT molecular complexity index is 438. The molecule has 6 heteroatoms. The minimum Gasteiger partial charge on any atom is -0.377 e. The summed E-state index contributed by atoms with van der Waals surface area (Å²) < 4.78 is 5.82. The molecule has 6 nitrogen and oxygen atoms in total. The van der Waals surface area contributed by atoms with Crippen LogP contribution < -0.4 is 11.1 Å². The first-order chi connectivity index (χ1) is 9.76. The second kappa shape index (κ2) is 5.57. The fourth-order valence-corrected chi connectivity index (χ4v) is 3.82. The molecule has 3 unspecified atom stereocenters. The lowest BCUT2D eigenvalue weighted by molar-refractivity contribution is -0.229. The largest absolute Gasteiger partial charge is 0.377 e. The van der Waals surface area contributed by atoms with Gasteiger partial charge in [0.1, 0.15) is 5.54 Å². The van der Waals surface area contributed by atoms with E-state index < -0.39 is 5.54 Å². The van der Waals surface area contributed by atoms with Crippen molar-refractivity contribution in [1.82, 2.24) is 10.2 Å². The summed E-state index contributed by atoms with van der Waals surface area (Å²) in [6.07, 6.45) is 2.23. The summed E-state index contributed by atoms with van der Waals surface area (Å²) in [5.74, 6) is -0.0770. The van der Waals surface area contributed by atoms with Crippen LogP contribution in [0.1, 0.15) is 33.1 Å². The Balaban J connectivity index is 2.08. The topological polar surface area (TPSA) is 84.7 Å². The number of fused-ring (bicyclic) bond motifs is 1. The Morgan fingerprint density at radius 1 is 1.43 bits per heavy atom. The van der Waals surface area contributed by atoms with Crippen LogP contribution in [0.4, 0.5) is 0 Å². The average Bonchev–Trinajstić information content (AvgIpc) is 2.50. The summed E-state index contributed by atoms with van der Waals surface area (Å²) in [7, 11) is 3.31. The molecule has 1 aliphatic heterocycles. The number of rotatable bonds is 4. The standard InChI is InChI=1S/C15H27N3O3/c1-14(2)12-10(6-5-9-21-12)15(14,16)13(20)18(4)8-7-11(19)17-3/h10,12H,5-9,16H2,1-4H3,(H,17,19). The highest BCUT2D eigenvalue weighted by Crippen LogP contribution is 2.57. The van der Waals surface area contributed by atoms with Gasteiger partial charge in [0, 0.05) is 45.0 Å². The van der Waals surface area contributed by atoms with Gasteiger partial charge in [0.15, 0.2) is 0 Å². The van der Waals surface area contributed by atoms with Crippen LogP contribution >= 0.6 is 0 Å². The number of hydrogen-bond acceptors (Lipinski definition) is 4. The number of amides is 2. The van der Waals surface area contributed by atoms with E-state index in [1.807, 2.05) is 13.8 Å². The van der Waals surface area contributed by atoms with Crippen LogP contribution in [0.15, 0.2) is 0 Å². The molecule has 3 atom stereocenters. The van der Waals surface area contributed by atoms with E-state index in [1.165, 1.54) is 0 Å². The van der Waals surface area contributed by atoms with E-state index in [1.54, 1.807) is 19.0 Å². The van der Waals surface area contributed by atoms with Crippen molar-refractivity contribution in [3.05, 3.63) is 0 Å². The molecule has 2 rings (SSSR count). The average molecular weight is 297 g/mol. The Kier molecular flexibility index (Phi) is 4.31. The van der Waals surface area contributed by atoms with Crippen LogP contribution in [-0.4, -0.2) is 55.6 Å². The van der Waals surface area contributed by atoms with Gasteiger partial charge in [0.05, 0.1) is 6.10 Å². The van der Waals surface area contributed by atoms with E-state index in [0.29, 0.717) is 13.0 Å². The number of nitrogens with one attached hydrogen (secondary N) is 1. The van der Waals surface area contributed by atoms with Gasteiger partial charge in [0.2, 0.25) is 11.8 Å². The van der Waals surface area contributed by atoms with Crippen molar-refractivity contribution in [2.75, 3.05) is 27.2 Å². The molecule has 0 spiro atoms. The van der Waals surface area contributed by atoms with Gasteiger partial charge in [-0.25, -0.2) is 0 Å². The Morgan fingerprint density at radius 2 is 2.10 bits per heavy atom. The molecule has 21 heavy (non-hydrogen) atoms. The van der Waals surface area contributed by atoms with Gasteiger partial charge in [-0.1, -0.05) is 13.8 Å². The fraction of sp³-hybridized carbons (Fsp3) is 0.867. The monoisotopic (exact) mass is 297 g/mol. The predicted octanol–water partition coefficient (Wildman–Crippen LogP) is 0.113. The zero-order chi connectivity index (χ0) is 15.8. The maximum atomic E-state index is 12.8. The van der Waals surface area contributed by atoms with Crippen LogP contribution in [0.3, 0.4) is 0 Å². The smallest absolute Gasteiger partial charge is 0.243 e. The normalized spacial score (nSPS) is 33.6. The van der Waals surface area contributed by atoms with E-state index in [4.69, 9.17) is 10.5 Å². The van der Waals surface area contributed by atoms with Crippen molar-refractivity contribution in [2.45, 2.75) is 44.8 Å². The van der Waals surface area contributed by atoms with Gasteiger partial charge in [-0.15, -0.1) is 0 Å². The third-order valence-corrected chi connectivity index (χ3v) is 5.34. The summed E-state index contributed by atoms with van der Waals surface area (Å²) in [5, 5.41) is 2.56. The quantitative estimate of drug-likeness (QED) is 0.771. The van der Waals surface area contributed by atoms with E-state index in [0.717, 1.165) is 19.4 Å². The molecule has 2 fully saturated rings. The molecule has 120 valence electrons. The molecule has 0 aromatic heterocycles. The summed E-state index contributed by atoms with van der Waals surface area (Å²) >= 11 is 0. The zero-order valence-electron chi connectivity index (χ0n) is 13.4. The lowest BCUT2D eigenvalue weighted by atomic mass is 9.46. The van der Waals surface area contributed by atoms with Crippen LogP contribution in [0.25, 0.3) is 0 Å². The minimum absolute atomic E-state index is 0.0625. The lowest BCUT2D eigenvalue weighted by Crippen LogP contribution is -2.82. The van der Waals surface area contributed by atoms with Gasteiger partial charge < -0.3 is 20.7 Å². The van der Waals surface area contributed by atoms with Gasteiger partial charge in [-0.05, 0) is 12.8 Å². The first-order valence-corrected chi connectivity index (χ1v) is 7.63. The fourth-order valence-electron chi connectivity index (χ4n) is 3.82. The minimum atomic E-state index is -0.893. The highest BCUT2D eigenvalue weighted by atomic mass is 16.5. The van der Waals surface area contributed by atoms with E-state index in [2.05, 4.69) is 5.32 Å². The van der Waals surface area contributed by atoms with Gasteiger partial charge in [-0.2, -0.15) is 0 Å². The molecule has 1 saturated carbocycles. The maximum Gasteiger partial charge on any atom is 0.243 e. The Labute approximate surface area is 126 Å². The summed E-state index contributed by atoms with van der Waals surface area (Å²) in [5.41, 5.74) is 5.27. The third-order valence-electron chi connectivity index (χ3n) is 5.34. The molecule has 2 amide bonds. The molecule has 1 aliphatic carbocycles. The van der Waals surface area contributed by atoms with Crippen molar-refractivity contribution in [1.29, 1.82) is 0 Å². The molecule has 0 bridgehead atoms. The molecule has 0 aromatic carbocycles. The Morgan fingerprint density at radius 3 is 2.71 bits per heavy atom. The SMILES string of the molecule is CNC(=O)CCN(C)C(=O)C1(N)C2CCCOC2C1(C)C. The first kappa shape index (κ1) is 16.2. The third kappa shape index (κ3) is 2.34. The molecule has 2 aliphatic rings. The number of ether oxygens (including phenoxy) is 1. The summed E-state index contributed by atoms with van der Waals surface area (Å²) in [4.78, 5) is 25.7. The maximum absolute atomic E-state index is 12.8. The van der Waals surface area contributed by atoms with Crippen molar-refractivity contribution >= 4 is 11.8 Å². The summed E-state index contributed by atoms with van der Waals surface area (Å²) in [6.45, 7) is 5.14. The molecular weight excluding hydrogens is 270 g/mol. The number of carbonyl (C=O) groups excluding carboxylic acids is 2. The van der Waals surface area contributed by atoms with Crippen molar-refractivity contribution in [2.24, 2.45) is 17.1 Å². The highest BCUT2D eigenvalue weighted by molar-refractivity contribution is 5.89. The zero-order valence-corrected chi connectivity index (χ0v) is 13.4. The summed E-state index contributed by atoms with van der Waals surface area (Å²) in [6, 6.07) is 0. The lowest BCUT2D eigenvalue weighted by Gasteiger charge is -2.65. The molecule has 0 radical (unpaired) electrons. The molecular formula is C15H27N3O3. The van der Waals surface area contributed by atoms with Crippen LogP contribution in [0.5, 0.6) is 0 Å². The first-order valence-electron chi connectivity index (χ1n) is 7.63. The van der Waals surface area contributed by atoms with Crippen LogP contribution in [0.2, 0.25) is 0 Å². The van der Waals surface area contributed by atoms with Gasteiger partial charge >= 0.3 is 0 Å². The van der Waals surface area contributed by atoms with E-state index in [9.17, 15) is 9.59 Å². The predicted molar refractivity (Wildman–Crippen MR) is 79.5 cm³/mol.